The van der Waals surface area contributed by atoms with Crippen molar-refractivity contribution in [2.75, 3.05) is 6.54 Å². The lowest BCUT2D eigenvalue weighted by Crippen LogP contribution is -2.51. The summed E-state index contributed by atoms with van der Waals surface area (Å²) in [5.74, 6) is 0. The maximum absolute atomic E-state index is 9.81. The van der Waals surface area contributed by atoms with Crippen LogP contribution in [0.15, 0.2) is 55.0 Å². The van der Waals surface area contributed by atoms with E-state index >= 15 is 0 Å². The summed E-state index contributed by atoms with van der Waals surface area (Å²) in [7, 11) is 0. The van der Waals surface area contributed by atoms with Crippen LogP contribution >= 0.6 is 0 Å². The van der Waals surface area contributed by atoms with Gasteiger partial charge in [0.15, 0.2) is 5.65 Å². The van der Waals surface area contributed by atoms with E-state index in [1.54, 1.807) is 10.7 Å². The quantitative estimate of drug-likeness (QED) is 0.756. The Morgan fingerprint density at radius 1 is 1.22 bits per heavy atom. The molecule has 0 amide bonds. The number of hydrogen-bond acceptors (Lipinski definition) is 4. The molecular weight excluding hydrogens is 288 g/mol. The number of rotatable bonds is 5. The minimum absolute atomic E-state index is 0.0455. The number of aliphatic hydroxyl groups is 1. The molecule has 118 valence electrons. The van der Waals surface area contributed by atoms with Crippen molar-refractivity contribution in [1.29, 1.82) is 0 Å². The van der Waals surface area contributed by atoms with Crippen LogP contribution in [0.5, 0.6) is 0 Å². The summed E-state index contributed by atoms with van der Waals surface area (Å²) in [5, 5.41) is 17.5. The normalized spacial score (nSPS) is 23.8. The summed E-state index contributed by atoms with van der Waals surface area (Å²) in [6.45, 7) is 1.60. The molecular formula is C18H20N4O. The van der Waals surface area contributed by atoms with Gasteiger partial charge >= 0.3 is 0 Å². The molecule has 0 saturated heterocycles. The van der Waals surface area contributed by atoms with Crippen molar-refractivity contribution in [3.63, 3.8) is 0 Å². The smallest absolute Gasteiger partial charge is 0.154 e. The second kappa shape index (κ2) is 5.76. The van der Waals surface area contributed by atoms with E-state index < -0.39 is 0 Å². The molecule has 23 heavy (non-hydrogen) atoms. The Kier molecular flexibility index (Phi) is 3.59. The molecule has 1 saturated carbocycles. The van der Waals surface area contributed by atoms with Gasteiger partial charge in [-0.1, -0.05) is 30.3 Å². The highest BCUT2D eigenvalue weighted by atomic mass is 16.3. The van der Waals surface area contributed by atoms with Crippen LogP contribution in [0.25, 0.3) is 5.65 Å². The van der Waals surface area contributed by atoms with Gasteiger partial charge in [0.05, 0.1) is 12.3 Å². The van der Waals surface area contributed by atoms with Crippen LogP contribution in [0, 0.1) is 0 Å². The molecule has 0 radical (unpaired) electrons. The number of aromatic nitrogens is 3. The summed E-state index contributed by atoms with van der Waals surface area (Å²) in [5.41, 5.74) is 3.31. The number of fused-ring (bicyclic) bond motifs is 1. The first-order valence-corrected chi connectivity index (χ1v) is 7.98. The van der Waals surface area contributed by atoms with Crippen molar-refractivity contribution >= 4 is 5.65 Å². The van der Waals surface area contributed by atoms with Gasteiger partial charge in [-0.05, 0) is 18.4 Å². The third-order valence-corrected chi connectivity index (χ3v) is 4.73. The molecule has 0 unspecified atom stereocenters. The lowest BCUT2D eigenvalue weighted by Gasteiger charge is -2.46. The van der Waals surface area contributed by atoms with E-state index in [-0.39, 0.29) is 11.5 Å². The monoisotopic (exact) mass is 308 g/mol. The van der Waals surface area contributed by atoms with Crippen LogP contribution in [-0.2, 0) is 12.0 Å². The molecule has 5 heteroatoms. The Morgan fingerprint density at radius 3 is 2.83 bits per heavy atom. The molecule has 4 rings (SSSR count). The largest absolute Gasteiger partial charge is 0.393 e. The third kappa shape index (κ3) is 2.73. The molecule has 1 aromatic carbocycles. The molecule has 1 fully saturated rings. The van der Waals surface area contributed by atoms with E-state index in [4.69, 9.17) is 0 Å². The Morgan fingerprint density at radius 2 is 2.04 bits per heavy atom. The SMILES string of the molecule is OC1CC(CNCc2cnc3ccnn3c2)(c2ccccc2)C1. The zero-order valence-corrected chi connectivity index (χ0v) is 12.9. The van der Waals surface area contributed by atoms with Gasteiger partial charge in [0.2, 0.25) is 0 Å². The van der Waals surface area contributed by atoms with E-state index in [0.717, 1.165) is 37.1 Å². The number of benzene rings is 1. The molecule has 2 heterocycles. The van der Waals surface area contributed by atoms with E-state index in [9.17, 15) is 5.11 Å². The van der Waals surface area contributed by atoms with E-state index in [1.165, 1.54) is 5.56 Å². The predicted molar refractivity (Wildman–Crippen MR) is 88.1 cm³/mol. The van der Waals surface area contributed by atoms with Gasteiger partial charge in [0.1, 0.15) is 0 Å². The highest BCUT2D eigenvalue weighted by Crippen LogP contribution is 2.43. The Labute approximate surface area is 135 Å². The van der Waals surface area contributed by atoms with Crippen molar-refractivity contribution in [1.82, 2.24) is 19.9 Å². The summed E-state index contributed by atoms with van der Waals surface area (Å²) in [6, 6.07) is 12.4. The number of hydrogen-bond donors (Lipinski definition) is 2. The Balaban J connectivity index is 1.44. The number of nitrogens with one attached hydrogen (secondary N) is 1. The zero-order chi connectivity index (χ0) is 15.7. The molecule has 0 spiro atoms. The van der Waals surface area contributed by atoms with Crippen LogP contribution in [0.4, 0.5) is 0 Å². The van der Waals surface area contributed by atoms with Crippen LogP contribution < -0.4 is 5.32 Å². The second-order valence-electron chi connectivity index (χ2n) is 6.41. The van der Waals surface area contributed by atoms with Crippen molar-refractivity contribution in [3.05, 3.63) is 66.1 Å². The highest BCUT2D eigenvalue weighted by Gasteiger charge is 2.44. The standard InChI is InChI=1S/C18H20N4O/c23-16-8-18(9-16,15-4-2-1-3-5-15)13-19-10-14-11-20-17-6-7-21-22(17)12-14/h1-7,11-12,16,19,23H,8-10,13H2. The maximum atomic E-state index is 9.81. The average molecular weight is 308 g/mol. The molecule has 0 aliphatic heterocycles. The molecule has 3 aromatic rings. The summed E-state index contributed by atoms with van der Waals surface area (Å²) in [4.78, 5) is 4.38. The fraction of sp³-hybridized carbons (Fsp3) is 0.333. The molecule has 1 aliphatic rings. The molecule has 2 N–H and O–H groups in total. The topological polar surface area (TPSA) is 62.5 Å². The fourth-order valence-electron chi connectivity index (χ4n) is 3.50. The number of aliphatic hydroxyl groups excluding tert-OH is 1. The van der Waals surface area contributed by atoms with Crippen LogP contribution in [0.2, 0.25) is 0 Å². The predicted octanol–water partition coefficient (Wildman–Crippen LogP) is 1.91. The van der Waals surface area contributed by atoms with Crippen molar-refractivity contribution in [3.8, 4) is 0 Å². The first-order chi connectivity index (χ1) is 11.3. The Hall–Kier alpha value is -2.24. The minimum atomic E-state index is -0.181. The van der Waals surface area contributed by atoms with Crippen molar-refractivity contribution < 1.29 is 5.11 Å². The highest BCUT2D eigenvalue weighted by molar-refractivity contribution is 5.36. The van der Waals surface area contributed by atoms with Gasteiger partial charge < -0.3 is 10.4 Å². The average Bonchev–Trinajstić information content (AvgIpc) is 3.01. The number of nitrogens with zero attached hydrogens (tertiary/aromatic N) is 3. The van der Waals surface area contributed by atoms with Gasteiger partial charge in [-0.25, -0.2) is 9.50 Å². The van der Waals surface area contributed by atoms with Gasteiger partial charge in [-0.2, -0.15) is 5.10 Å². The first kappa shape index (κ1) is 14.4. The van der Waals surface area contributed by atoms with Gasteiger partial charge in [0.25, 0.3) is 0 Å². The Bertz CT molecular complexity index is 793. The lowest BCUT2D eigenvalue weighted by atomic mass is 9.62. The van der Waals surface area contributed by atoms with Crippen LogP contribution in [0.1, 0.15) is 24.0 Å². The molecule has 0 bridgehead atoms. The summed E-state index contributed by atoms with van der Waals surface area (Å²) in [6.07, 6.45) is 7.09. The van der Waals surface area contributed by atoms with E-state index in [1.807, 2.05) is 24.5 Å². The first-order valence-electron chi connectivity index (χ1n) is 7.98. The van der Waals surface area contributed by atoms with Crippen molar-refractivity contribution in [2.45, 2.75) is 30.9 Å². The summed E-state index contributed by atoms with van der Waals surface area (Å²) < 4.78 is 1.79. The van der Waals surface area contributed by atoms with Crippen LogP contribution in [0.3, 0.4) is 0 Å². The second-order valence-corrected chi connectivity index (χ2v) is 6.41. The summed E-state index contributed by atoms with van der Waals surface area (Å²) >= 11 is 0. The van der Waals surface area contributed by atoms with E-state index in [2.05, 4.69) is 39.7 Å². The van der Waals surface area contributed by atoms with Crippen molar-refractivity contribution in [2.24, 2.45) is 0 Å². The van der Waals surface area contributed by atoms with E-state index in [0.29, 0.717) is 0 Å². The third-order valence-electron chi connectivity index (χ3n) is 4.73. The van der Waals surface area contributed by atoms with Gasteiger partial charge in [0, 0.05) is 42.5 Å². The minimum Gasteiger partial charge on any atom is -0.393 e. The zero-order valence-electron chi connectivity index (χ0n) is 12.9. The molecule has 0 atom stereocenters. The van der Waals surface area contributed by atoms with Gasteiger partial charge in [-0.15, -0.1) is 0 Å². The molecule has 5 nitrogen and oxygen atoms in total. The van der Waals surface area contributed by atoms with Gasteiger partial charge in [-0.3, -0.25) is 0 Å². The lowest BCUT2D eigenvalue weighted by molar-refractivity contribution is 0.0177. The fourth-order valence-corrected chi connectivity index (χ4v) is 3.50. The molecule has 1 aliphatic carbocycles. The molecule has 2 aromatic heterocycles. The van der Waals surface area contributed by atoms with Crippen LogP contribution in [-0.4, -0.2) is 32.4 Å². The maximum Gasteiger partial charge on any atom is 0.154 e.